The minimum absolute atomic E-state index is 0.0966. The average molecular weight is 320 g/mol. The summed E-state index contributed by atoms with van der Waals surface area (Å²) in [6.07, 6.45) is 2.47. The number of esters is 1. The van der Waals surface area contributed by atoms with Gasteiger partial charge in [-0.15, -0.1) is 0 Å². The van der Waals surface area contributed by atoms with Gasteiger partial charge in [0.2, 0.25) is 0 Å². The van der Waals surface area contributed by atoms with E-state index in [2.05, 4.69) is 13.8 Å². The smallest absolute Gasteiger partial charge is 0.305 e. The number of carbonyl (C=O) groups excluding carboxylic acids is 1. The summed E-state index contributed by atoms with van der Waals surface area (Å²) in [6.45, 7) is 11.7. The van der Waals surface area contributed by atoms with Crippen molar-refractivity contribution in [3.63, 3.8) is 0 Å². The number of rotatable bonds is 7. The van der Waals surface area contributed by atoms with Crippen molar-refractivity contribution in [2.24, 2.45) is 11.8 Å². The number of carboxylic acids is 2. The SMILES string of the molecule is CC(C)C(=O)O.CCC(=O)OCCC(C)C.CCCC(=O)O. The number of carbonyl (C=O) groups is 3. The van der Waals surface area contributed by atoms with Crippen molar-refractivity contribution < 1.29 is 29.3 Å². The summed E-state index contributed by atoms with van der Waals surface area (Å²) in [4.78, 5) is 29.9. The third-order valence-electron chi connectivity index (χ3n) is 2.20. The van der Waals surface area contributed by atoms with Gasteiger partial charge in [-0.1, -0.05) is 41.5 Å². The molecule has 0 aromatic heterocycles. The lowest BCUT2D eigenvalue weighted by Gasteiger charge is -2.04. The lowest BCUT2D eigenvalue weighted by Crippen LogP contribution is -2.05. The molecule has 0 aliphatic heterocycles. The van der Waals surface area contributed by atoms with Gasteiger partial charge < -0.3 is 14.9 Å². The van der Waals surface area contributed by atoms with Crippen LogP contribution >= 0.6 is 0 Å². The zero-order chi connectivity index (χ0) is 18.1. The zero-order valence-corrected chi connectivity index (χ0v) is 14.7. The third-order valence-corrected chi connectivity index (χ3v) is 2.20. The van der Waals surface area contributed by atoms with Crippen LogP contribution in [0.1, 0.15) is 67.2 Å². The van der Waals surface area contributed by atoms with Crippen molar-refractivity contribution in [1.82, 2.24) is 0 Å². The molecule has 22 heavy (non-hydrogen) atoms. The highest BCUT2D eigenvalue weighted by Crippen LogP contribution is 1.99. The van der Waals surface area contributed by atoms with Crippen molar-refractivity contribution in [2.75, 3.05) is 6.61 Å². The fourth-order valence-corrected chi connectivity index (χ4v) is 0.724. The Morgan fingerprint density at radius 3 is 1.64 bits per heavy atom. The molecule has 0 atom stereocenters. The first kappa shape index (κ1) is 25.4. The number of aliphatic carboxylic acids is 2. The summed E-state index contributed by atoms with van der Waals surface area (Å²) >= 11 is 0. The van der Waals surface area contributed by atoms with Gasteiger partial charge in [0.15, 0.2) is 0 Å². The van der Waals surface area contributed by atoms with Crippen molar-refractivity contribution in [3.8, 4) is 0 Å². The van der Waals surface area contributed by atoms with E-state index in [9.17, 15) is 14.4 Å². The second-order valence-electron chi connectivity index (χ2n) is 5.39. The van der Waals surface area contributed by atoms with Gasteiger partial charge in [-0.3, -0.25) is 14.4 Å². The van der Waals surface area contributed by atoms with Crippen LogP contribution in [0.2, 0.25) is 0 Å². The summed E-state index contributed by atoms with van der Waals surface area (Å²) < 4.78 is 4.86. The molecule has 0 aliphatic carbocycles. The van der Waals surface area contributed by atoms with Gasteiger partial charge in [-0.05, 0) is 18.8 Å². The third kappa shape index (κ3) is 31.0. The summed E-state index contributed by atoms with van der Waals surface area (Å²) in [5.41, 5.74) is 0. The topological polar surface area (TPSA) is 101 Å². The lowest BCUT2D eigenvalue weighted by molar-refractivity contribution is -0.143. The Bertz CT molecular complexity index is 297. The van der Waals surface area contributed by atoms with Crippen molar-refractivity contribution in [2.45, 2.75) is 67.2 Å². The number of hydrogen-bond acceptors (Lipinski definition) is 4. The molecular formula is C16H32O6. The van der Waals surface area contributed by atoms with Crippen LogP contribution in [0.5, 0.6) is 0 Å². The quantitative estimate of drug-likeness (QED) is 0.695. The normalized spacial score (nSPS) is 9.27. The Labute approximate surface area is 133 Å². The highest BCUT2D eigenvalue weighted by atomic mass is 16.5. The molecule has 0 saturated carbocycles. The van der Waals surface area contributed by atoms with Gasteiger partial charge in [0.05, 0.1) is 12.5 Å². The molecular weight excluding hydrogens is 288 g/mol. The maximum Gasteiger partial charge on any atom is 0.305 e. The standard InChI is InChI=1S/C8H16O2.2C4H8O2/c1-4-8(9)10-6-5-7(2)3;1-3(2)4(5)6;1-2-3-4(5)6/h7H,4-6H2,1-3H3;3H,1-2H3,(H,5,6);2-3H2,1H3,(H,5,6). The van der Waals surface area contributed by atoms with E-state index in [1.54, 1.807) is 20.8 Å². The Morgan fingerprint density at radius 2 is 1.45 bits per heavy atom. The summed E-state index contributed by atoms with van der Waals surface area (Å²) in [5, 5.41) is 15.9. The molecule has 0 heterocycles. The molecule has 0 radical (unpaired) electrons. The fraction of sp³-hybridized carbons (Fsp3) is 0.812. The second kappa shape index (κ2) is 17.5. The molecule has 0 aliphatic rings. The molecule has 0 aromatic carbocycles. The van der Waals surface area contributed by atoms with Gasteiger partial charge in [-0.2, -0.15) is 0 Å². The van der Waals surface area contributed by atoms with E-state index in [1.807, 2.05) is 6.92 Å². The average Bonchev–Trinajstić information content (AvgIpc) is 2.39. The van der Waals surface area contributed by atoms with Crippen LogP contribution in [0, 0.1) is 11.8 Å². The second-order valence-corrected chi connectivity index (χ2v) is 5.39. The summed E-state index contributed by atoms with van der Waals surface area (Å²) in [6, 6.07) is 0. The van der Waals surface area contributed by atoms with Gasteiger partial charge >= 0.3 is 17.9 Å². The first-order chi connectivity index (χ1) is 10.1. The molecule has 0 unspecified atom stereocenters. The van der Waals surface area contributed by atoms with Crippen LogP contribution in [0.4, 0.5) is 0 Å². The summed E-state index contributed by atoms with van der Waals surface area (Å²) in [5.74, 6) is -1.16. The highest BCUT2D eigenvalue weighted by Gasteiger charge is 1.99. The molecule has 6 nitrogen and oxygen atoms in total. The minimum Gasteiger partial charge on any atom is -0.481 e. The first-order valence-electron chi connectivity index (χ1n) is 7.68. The number of carboxylic acid groups (broad SMARTS) is 2. The fourth-order valence-electron chi connectivity index (χ4n) is 0.724. The van der Waals surface area contributed by atoms with Crippen LogP contribution in [0.3, 0.4) is 0 Å². The lowest BCUT2D eigenvalue weighted by atomic mass is 10.1. The first-order valence-corrected chi connectivity index (χ1v) is 7.68. The van der Waals surface area contributed by atoms with E-state index in [0.717, 1.165) is 12.8 Å². The van der Waals surface area contributed by atoms with Crippen LogP contribution in [-0.4, -0.2) is 34.7 Å². The maximum atomic E-state index is 10.6. The highest BCUT2D eigenvalue weighted by molar-refractivity contribution is 5.69. The predicted molar refractivity (Wildman–Crippen MR) is 85.7 cm³/mol. The molecule has 0 saturated heterocycles. The number of hydrogen-bond donors (Lipinski definition) is 2. The Kier molecular flexibility index (Phi) is 20.1. The van der Waals surface area contributed by atoms with Crippen LogP contribution in [0.15, 0.2) is 0 Å². The molecule has 132 valence electrons. The molecule has 0 rings (SSSR count). The molecule has 0 aromatic rings. The molecule has 0 amide bonds. The van der Waals surface area contributed by atoms with Crippen LogP contribution in [-0.2, 0) is 19.1 Å². The van der Waals surface area contributed by atoms with E-state index < -0.39 is 11.9 Å². The minimum atomic E-state index is -0.741. The van der Waals surface area contributed by atoms with E-state index in [1.165, 1.54) is 0 Å². The Hall–Kier alpha value is -1.59. The predicted octanol–water partition coefficient (Wildman–Crippen LogP) is 3.58. The largest absolute Gasteiger partial charge is 0.481 e. The zero-order valence-electron chi connectivity index (χ0n) is 14.7. The molecule has 2 N–H and O–H groups in total. The van der Waals surface area contributed by atoms with E-state index in [-0.39, 0.29) is 11.9 Å². The van der Waals surface area contributed by atoms with Gasteiger partial charge in [-0.25, -0.2) is 0 Å². The van der Waals surface area contributed by atoms with Crippen molar-refractivity contribution in [1.29, 1.82) is 0 Å². The monoisotopic (exact) mass is 320 g/mol. The van der Waals surface area contributed by atoms with E-state index in [4.69, 9.17) is 14.9 Å². The van der Waals surface area contributed by atoms with E-state index >= 15 is 0 Å². The van der Waals surface area contributed by atoms with Gasteiger partial charge in [0.25, 0.3) is 0 Å². The maximum absolute atomic E-state index is 10.6. The summed E-state index contributed by atoms with van der Waals surface area (Å²) in [7, 11) is 0. The van der Waals surface area contributed by atoms with Crippen LogP contribution in [0.25, 0.3) is 0 Å². The van der Waals surface area contributed by atoms with Gasteiger partial charge in [0, 0.05) is 12.8 Å². The Balaban J connectivity index is -0.000000261. The van der Waals surface area contributed by atoms with E-state index in [0.29, 0.717) is 25.4 Å². The van der Waals surface area contributed by atoms with Crippen LogP contribution < -0.4 is 0 Å². The van der Waals surface area contributed by atoms with Gasteiger partial charge in [0.1, 0.15) is 0 Å². The van der Waals surface area contributed by atoms with Crippen molar-refractivity contribution in [3.05, 3.63) is 0 Å². The van der Waals surface area contributed by atoms with Crippen molar-refractivity contribution >= 4 is 17.9 Å². The number of ether oxygens (including phenoxy) is 1. The molecule has 0 bridgehead atoms. The molecule has 0 fully saturated rings. The Morgan fingerprint density at radius 1 is 1.00 bits per heavy atom. The molecule has 6 heteroatoms. The molecule has 0 spiro atoms.